The smallest absolute Gasteiger partial charge is 0.328 e. The van der Waals surface area contributed by atoms with Crippen molar-refractivity contribution >= 4 is 34.6 Å². The molecule has 1 aromatic carbocycles. The Bertz CT molecular complexity index is 760. The summed E-state index contributed by atoms with van der Waals surface area (Å²) in [5, 5.41) is 16.2. The molecule has 0 bridgehead atoms. The number of benzene rings is 1. The molecule has 2 aliphatic rings. The van der Waals surface area contributed by atoms with Crippen molar-refractivity contribution in [2.75, 3.05) is 0 Å². The van der Waals surface area contributed by atoms with Crippen LogP contribution in [0.1, 0.15) is 12.0 Å². The lowest BCUT2D eigenvalue weighted by Crippen LogP contribution is -2.31. The third-order valence-electron chi connectivity index (χ3n) is 3.30. The molecule has 118 valence electrons. The second-order valence-electron chi connectivity index (χ2n) is 4.83. The van der Waals surface area contributed by atoms with E-state index in [1.165, 1.54) is 30.5 Å². The van der Waals surface area contributed by atoms with E-state index in [1.807, 2.05) is 0 Å². The first-order valence-corrected chi connectivity index (χ1v) is 7.35. The predicted octanol–water partition coefficient (Wildman–Crippen LogP) is 1.51. The highest BCUT2D eigenvalue weighted by atomic mass is 32.2. The summed E-state index contributed by atoms with van der Waals surface area (Å²) in [4.78, 5) is 34.2. The number of nitrogens with one attached hydrogen (secondary N) is 1. The third-order valence-corrected chi connectivity index (χ3v) is 4.09. The van der Waals surface area contributed by atoms with E-state index in [4.69, 9.17) is 0 Å². The van der Waals surface area contributed by atoms with E-state index in [0.29, 0.717) is 23.0 Å². The molecule has 2 aliphatic heterocycles. The highest BCUT2D eigenvalue weighted by Crippen LogP contribution is 2.27. The first kappa shape index (κ1) is 15.2. The maximum Gasteiger partial charge on any atom is 0.328 e. The van der Waals surface area contributed by atoms with Crippen LogP contribution in [0.25, 0.3) is 0 Å². The first-order chi connectivity index (χ1) is 10.9. The summed E-state index contributed by atoms with van der Waals surface area (Å²) < 4.78 is 13.0. The number of carbonyl (C=O) groups is 3. The molecule has 0 radical (unpaired) electrons. The highest BCUT2D eigenvalue weighted by Gasteiger charge is 2.34. The Morgan fingerprint density at radius 2 is 2.09 bits per heavy atom. The molecular weight excluding hydrogens is 325 g/mol. The number of nitrogens with zero attached hydrogens (tertiary/aromatic N) is 2. The summed E-state index contributed by atoms with van der Waals surface area (Å²) in [7, 11) is 0. The molecule has 0 aromatic heterocycles. The molecule has 3 rings (SSSR count). The number of hydrogen-bond acceptors (Lipinski definition) is 6. The van der Waals surface area contributed by atoms with E-state index in [9.17, 15) is 23.9 Å². The monoisotopic (exact) mass is 335 g/mol. The maximum absolute atomic E-state index is 13.0. The first-order valence-electron chi connectivity index (χ1n) is 6.53. The van der Waals surface area contributed by atoms with Crippen LogP contribution in [0.5, 0.6) is 0 Å². The number of carboxylic acids is 1. The van der Waals surface area contributed by atoms with Crippen molar-refractivity contribution < 1.29 is 23.9 Å². The Balaban J connectivity index is 1.91. The quantitative estimate of drug-likeness (QED) is 0.813. The maximum atomic E-state index is 13.0. The second-order valence-corrected chi connectivity index (χ2v) is 5.84. The Hall–Kier alpha value is -2.68. The molecule has 9 heteroatoms. The number of hydrogen-bond donors (Lipinski definition) is 2. The molecule has 7 nitrogen and oxygen atoms in total. The predicted molar refractivity (Wildman–Crippen MR) is 80.0 cm³/mol. The van der Waals surface area contributed by atoms with Gasteiger partial charge in [0, 0.05) is 12.6 Å². The zero-order valence-electron chi connectivity index (χ0n) is 11.5. The standard InChI is InChI=1S/C14H10FN3O4S/c15-8-3-1-7(2-4-8)9-5-10(13(20)21)18(17-9)6-11-12(19)16-14(22)23-11/h1-4,6,10H,5H2,(H,20,21)(H,16,19,22)/b11-6-/t10-/m1/s1. The minimum Gasteiger partial charge on any atom is -0.480 e. The minimum atomic E-state index is -1.11. The molecule has 0 spiro atoms. The molecule has 1 aromatic rings. The van der Waals surface area contributed by atoms with Crippen LogP contribution < -0.4 is 5.32 Å². The number of carboxylic acid groups (broad SMARTS) is 1. The molecule has 0 aliphatic carbocycles. The van der Waals surface area contributed by atoms with E-state index in [0.717, 1.165) is 5.01 Å². The van der Waals surface area contributed by atoms with Crippen molar-refractivity contribution in [3.63, 3.8) is 0 Å². The summed E-state index contributed by atoms with van der Waals surface area (Å²) in [6, 6.07) is 4.53. The molecule has 2 heterocycles. The van der Waals surface area contributed by atoms with Gasteiger partial charge in [0.2, 0.25) is 0 Å². The Kier molecular flexibility index (Phi) is 3.87. The van der Waals surface area contributed by atoms with Crippen molar-refractivity contribution in [3.8, 4) is 0 Å². The molecule has 0 saturated carbocycles. The number of carbonyl (C=O) groups excluding carboxylic acids is 2. The number of thioether (sulfide) groups is 1. The van der Waals surface area contributed by atoms with Crippen LogP contribution in [-0.2, 0) is 9.59 Å². The molecule has 23 heavy (non-hydrogen) atoms. The van der Waals surface area contributed by atoms with Gasteiger partial charge in [-0.1, -0.05) is 12.1 Å². The average Bonchev–Trinajstić information content (AvgIpc) is 3.04. The fraction of sp³-hybridized carbons (Fsp3) is 0.143. The zero-order valence-corrected chi connectivity index (χ0v) is 12.3. The van der Waals surface area contributed by atoms with Crippen LogP contribution in [0.15, 0.2) is 40.5 Å². The van der Waals surface area contributed by atoms with Gasteiger partial charge in [0.1, 0.15) is 10.7 Å². The van der Waals surface area contributed by atoms with Crippen LogP contribution >= 0.6 is 11.8 Å². The number of amides is 2. The molecule has 0 unspecified atom stereocenters. The summed E-state index contributed by atoms with van der Waals surface area (Å²) in [5.41, 5.74) is 1.06. The van der Waals surface area contributed by atoms with Crippen molar-refractivity contribution in [2.24, 2.45) is 5.10 Å². The van der Waals surface area contributed by atoms with Gasteiger partial charge in [0.15, 0.2) is 6.04 Å². The van der Waals surface area contributed by atoms with Gasteiger partial charge < -0.3 is 5.11 Å². The molecule has 1 saturated heterocycles. The molecule has 2 N–H and O–H groups in total. The summed E-state index contributed by atoms with van der Waals surface area (Å²) >= 11 is 0.681. The second kappa shape index (κ2) is 5.84. The van der Waals surface area contributed by atoms with Gasteiger partial charge in [-0.3, -0.25) is 19.9 Å². The lowest BCUT2D eigenvalue weighted by Gasteiger charge is -2.15. The van der Waals surface area contributed by atoms with E-state index >= 15 is 0 Å². The largest absolute Gasteiger partial charge is 0.480 e. The van der Waals surface area contributed by atoms with E-state index < -0.39 is 29.0 Å². The number of rotatable bonds is 3. The van der Waals surface area contributed by atoms with E-state index in [-0.39, 0.29) is 11.3 Å². The molecule has 1 fully saturated rings. The van der Waals surface area contributed by atoms with Gasteiger partial charge >= 0.3 is 5.97 Å². The van der Waals surface area contributed by atoms with Crippen LogP contribution in [0.4, 0.5) is 9.18 Å². The summed E-state index contributed by atoms with van der Waals surface area (Å²) in [6.45, 7) is 0. The van der Waals surface area contributed by atoms with Gasteiger partial charge in [-0.25, -0.2) is 9.18 Å². The lowest BCUT2D eigenvalue weighted by molar-refractivity contribution is -0.141. The normalized spacial score (nSPS) is 22.5. The van der Waals surface area contributed by atoms with E-state index in [1.54, 1.807) is 0 Å². The van der Waals surface area contributed by atoms with Gasteiger partial charge in [-0.2, -0.15) is 5.10 Å². The topological polar surface area (TPSA) is 99.1 Å². The fourth-order valence-electron chi connectivity index (χ4n) is 2.19. The van der Waals surface area contributed by atoms with Crippen LogP contribution in [-0.4, -0.2) is 39.0 Å². The summed E-state index contributed by atoms with van der Waals surface area (Å²) in [6.07, 6.45) is 1.34. The number of hydrazone groups is 1. The van der Waals surface area contributed by atoms with Crippen molar-refractivity contribution in [1.29, 1.82) is 0 Å². The Morgan fingerprint density at radius 1 is 1.39 bits per heavy atom. The number of halogens is 1. The van der Waals surface area contributed by atoms with E-state index in [2.05, 4.69) is 10.4 Å². The number of aliphatic carboxylic acids is 1. The Labute approximate surface area is 133 Å². The fourth-order valence-corrected chi connectivity index (χ4v) is 2.84. The molecule has 1 atom stereocenters. The molecule has 2 amide bonds. The average molecular weight is 335 g/mol. The van der Waals surface area contributed by atoms with Crippen LogP contribution in [0.3, 0.4) is 0 Å². The third kappa shape index (κ3) is 3.09. The highest BCUT2D eigenvalue weighted by molar-refractivity contribution is 8.18. The van der Waals surface area contributed by atoms with Crippen LogP contribution in [0.2, 0.25) is 0 Å². The Morgan fingerprint density at radius 3 is 2.65 bits per heavy atom. The van der Waals surface area contributed by atoms with Gasteiger partial charge in [-0.05, 0) is 29.5 Å². The minimum absolute atomic E-state index is 0.0744. The summed E-state index contributed by atoms with van der Waals surface area (Å²) in [5.74, 6) is -2.11. The SMILES string of the molecule is O=C1NC(=O)/C(=C/N2N=C(c3ccc(F)cc3)C[C@@H]2C(=O)O)S1. The van der Waals surface area contributed by atoms with Gasteiger partial charge in [0.05, 0.1) is 5.71 Å². The lowest BCUT2D eigenvalue weighted by atomic mass is 10.0. The van der Waals surface area contributed by atoms with Crippen molar-refractivity contribution in [2.45, 2.75) is 12.5 Å². The zero-order chi connectivity index (χ0) is 16.6. The van der Waals surface area contributed by atoms with Crippen molar-refractivity contribution in [1.82, 2.24) is 10.3 Å². The van der Waals surface area contributed by atoms with Gasteiger partial charge in [-0.15, -0.1) is 0 Å². The van der Waals surface area contributed by atoms with Crippen LogP contribution in [0, 0.1) is 5.82 Å². The van der Waals surface area contributed by atoms with Crippen molar-refractivity contribution in [3.05, 3.63) is 46.8 Å². The van der Waals surface area contributed by atoms with Gasteiger partial charge in [0.25, 0.3) is 11.1 Å². The molecular formula is C14H10FN3O4S. The number of imide groups is 1.